The summed E-state index contributed by atoms with van der Waals surface area (Å²) in [4.78, 5) is 1.44. The van der Waals surface area contributed by atoms with Crippen LogP contribution in [-0.2, 0) is 0 Å². The SMILES string of the molecule is Cc1ccsc1C(CC1CC2CCC1C2)NN. The summed E-state index contributed by atoms with van der Waals surface area (Å²) in [6, 6.07) is 2.57. The molecule has 1 aromatic heterocycles. The van der Waals surface area contributed by atoms with E-state index in [1.807, 2.05) is 11.3 Å². The molecule has 0 aliphatic heterocycles. The summed E-state index contributed by atoms with van der Waals surface area (Å²) in [5.41, 5.74) is 4.43. The topological polar surface area (TPSA) is 38.0 Å². The highest BCUT2D eigenvalue weighted by atomic mass is 32.1. The maximum absolute atomic E-state index is 5.77. The zero-order valence-electron chi connectivity index (χ0n) is 10.5. The lowest BCUT2D eigenvalue weighted by Gasteiger charge is -2.26. The number of nitrogens with two attached hydrogens (primary N) is 1. The minimum atomic E-state index is 0.374. The van der Waals surface area contributed by atoms with E-state index in [0.717, 1.165) is 17.8 Å². The van der Waals surface area contributed by atoms with E-state index in [1.165, 1.54) is 42.5 Å². The molecule has 1 heterocycles. The Labute approximate surface area is 108 Å². The maximum atomic E-state index is 5.77. The van der Waals surface area contributed by atoms with Gasteiger partial charge in [-0.1, -0.05) is 6.42 Å². The number of thiophene rings is 1. The molecular formula is C14H22N2S. The summed E-state index contributed by atoms with van der Waals surface area (Å²) in [7, 11) is 0. The molecule has 1 aromatic rings. The molecule has 0 aromatic carbocycles. The Hall–Kier alpha value is -0.380. The number of nitrogens with one attached hydrogen (secondary N) is 1. The van der Waals surface area contributed by atoms with Crippen molar-refractivity contribution in [1.29, 1.82) is 0 Å². The first-order chi connectivity index (χ1) is 8.28. The van der Waals surface area contributed by atoms with Crippen molar-refractivity contribution in [2.24, 2.45) is 23.6 Å². The van der Waals surface area contributed by atoms with Gasteiger partial charge in [0.2, 0.25) is 0 Å². The van der Waals surface area contributed by atoms with Crippen LogP contribution in [0.5, 0.6) is 0 Å². The number of fused-ring (bicyclic) bond motifs is 2. The molecule has 2 nitrogen and oxygen atoms in total. The van der Waals surface area contributed by atoms with Crippen LogP contribution in [0, 0.1) is 24.7 Å². The molecule has 2 bridgehead atoms. The van der Waals surface area contributed by atoms with Crippen molar-refractivity contribution in [3.05, 3.63) is 21.9 Å². The van der Waals surface area contributed by atoms with Gasteiger partial charge in [0.25, 0.3) is 0 Å². The zero-order valence-corrected chi connectivity index (χ0v) is 11.3. The first kappa shape index (κ1) is 11.7. The zero-order chi connectivity index (χ0) is 11.8. The third kappa shape index (κ3) is 2.16. The Bertz CT molecular complexity index is 387. The molecule has 4 unspecified atom stereocenters. The first-order valence-electron chi connectivity index (χ1n) is 6.78. The van der Waals surface area contributed by atoms with E-state index in [4.69, 9.17) is 5.84 Å². The lowest BCUT2D eigenvalue weighted by atomic mass is 9.84. The number of hydrogen-bond donors (Lipinski definition) is 2. The van der Waals surface area contributed by atoms with Gasteiger partial charge < -0.3 is 0 Å². The van der Waals surface area contributed by atoms with Gasteiger partial charge in [-0.3, -0.25) is 11.3 Å². The molecule has 4 atom stereocenters. The van der Waals surface area contributed by atoms with Gasteiger partial charge in [-0.05, 0) is 67.4 Å². The fraction of sp³-hybridized carbons (Fsp3) is 0.714. The second kappa shape index (κ2) is 4.71. The van der Waals surface area contributed by atoms with Crippen LogP contribution in [0.25, 0.3) is 0 Å². The van der Waals surface area contributed by atoms with Gasteiger partial charge in [0.15, 0.2) is 0 Å². The number of rotatable bonds is 4. The standard InChI is InChI=1S/C14H22N2S/c1-9-4-5-17-14(9)13(16-15)8-12-7-10-2-3-11(12)6-10/h4-5,10-13,16H,2-3,6-8,15H2,1H3. The number of hydrazine groups is 1. The molecule has 2 saturated carbocycles. The fourth-order valence-corrected chi connectivity index (χ4v) is 4.96. The Balaban J connectivity index is 1.69. The molecule has 2 aliphatic carbocycles. The molecule has 3 rings (SSSR count). The predicted molar refractivity (Wildman–Crippen MR) is 72.7 cm³/mol. The van der Waals surface area contributed by atoms with Crippen LogP contribution < -0.4 is 11.3 Å². The smallest absolute Gasteiger partial charge is 0.0558 e. The summed E-state index contributed by atoms with van der Waals surface area (Å²) in [5.74, 6) is 8.71. The van der Waals surface area contributed by atoms with Crippen molar-refractivity contribution >= 4 is 11.3 Å². The maximum Gasteiger partial charge on any atom is 0.0558 e. The predicted octanol–water partition coefficient (Wildman–Crippen LogP) is 3.39. The van der Waals surface area contributed by atoms with Gasteiger partial charge in [-0.25, -0.2) is 0 Å². The molecular weight excluding hydrogens is 228 g/mol. The second-order valence-corrected chi connectivity index (χ2v) is 6.81. The molecule has 0 radical (unpaired) electrons. The Kier molecular flexibility index (Phi) is 3.24. The third-order valence-corrected chi connectivity index (χ3v) is 5.97. The van der Waals surface area contributed by atoms with E-state index in [-0.39, 0.29) is 0 Å². The average Bonchev–Trinajstić information content (AvgIpc) is 3.02. The molecule has 2 fully saturated rings. The van der Waals surface area contributed by atoms with Crippen molar-refractivity contribution in [2.45, 2.75) is 45.1 Å². The summed E-state index contributed by atoms with van der Waals surface area (Å²) in [6.45, 7) is 2.19. The van der Waals surface area contributed by atoms with Gasteiger partial charge in [0.1, 0.15) is 0 Å². The molecule has 17 heavy (non-hydrogen) atoms. The average molecular weight is 250 g/mol. The van der Waals surface area contributed by atoms with Crippen LogP contribution in [0.1, 0.15) is 48.6 Å². The molecule has 0 saturated heterocycles. The molecule has 2 aliphatic rings. The molecule has 3 N–H and O–H groups in total. The van der Waals surface area contributed by atoms with Crippen LogP contribution in [0.4, 0.5) is 0 Å². The van der Waals surface area contributed by atoms with Gasteiger partial charge in [-0.2, -0.15) is 0 Å². The van der Waals surface area contributed by atoms with Crippen LogP contribution in [0.2, 0.25) is 0 Å². The van der Waals surface area contributed by atoms with Crippen molar-refractivity contribution in [1.82, 2.24) is 5.43 Å². The third-order valence-electron chi connectivity index (χ3n) is 4.84. The highest BCUT2D eigenvalue weighted by Gasteiger charge is 2.40. The van der Waals surface area contributed by atoms with E-state index in [2.05, 4.69) is 23.8 Å². The first-order valence-corrected chi connectivity index (χ1v) is 7.66. The summed E-state index contributed by atoms with van der Waals surface area (Å²) >= 11 is 1.84. The second-order valence-electron chi connectivity index (χ2n) is 5.86. The van der Waals surface area contributed by atoms with Gasteiger partial charge in [-0.15, -0.1) is 11.3 Å². The number of hydrogen-bond acceptors (Lipinski definition) is 3. The van der Waals surface area contributed by atoms with Crippen molar-refractivity contribution in [2.75, 3.05) is 0 Å². The summed E-state index contributed by atoms with van der Waals surface area (Å²) in [5, 5.41) is 2.18. The van der Waals surface area contributed by atoms with Crippen LogP contribution in [-0.4, -0.2) is 0 Å². The summed E-state index contributed by atoms with van der Waals surface area (Å²) < 4.78 is 0. The van der Waals surface area contributed by atoms with Crippen LogP contribution >= 0.6 is 11.3 Å². The van der Waals surface area contributed by atoms with Crippen LogP contribution in [0.3, 0.4) is 0 Å². The summed E-state index contributed by atoms with van der Waals surface area (Å²) in [6.07, 6.45) is 7.13. The van der Waals surface area contributed by atoms with Gasteiger partial charge >= 0.3 is 0 Å². The number of aryl methyl sites for hydroxylation is 1. The molecule has 0 amide bonds. The largest absolute Gasteiger partial charge is 0.271 e. The van der Waals surface area contributed by atoms with Crippen molar-refractivity contribution < 1.29 is 0 Å². The Morgan fingerprint density at radius 1 is 1.47 bits per heavy atom. The molecule has 0 spiro atoms. The lowest BCUT2D eigenvalue weighted by Crippen LogP contribution is -2.30. The van der Waals surface area contributed by atoms with Crippen molar-refractivity contribution in [3.8, 4) is 0 Å². The fourth-order valence-electron chi connectivity index (χ4n) is 3.96. The molecule has 94 valence electrons. The molecule has 3 heteroatoms. The van der Waals surface area contributed by atoms with Crippen LogP contribution in [0.15, 0.2) is 11.4 Å². The van der Waals surface area contributed by atoms with Gasteiger partial charge in [0, 0.05) is 4.88 Å². The quantitative estimate of drug-likeness (QED) is 0.635. The normalized spacial score (nSPS) is 33.2. The van der Waals surface area contributed by atoms with E-state index in [9.17, 15) is 0 Å². The van der Waals surface area contributed by atoms with E-state index >= 15 is 0 Å². The highest BCUT2D eigenvalue weighted by molar-refractivity contribution is 7.10. The van der Waals surface area contributed by atoms with E-state index < -0.39 is 0 Å². The van der Waals surface area contributed by atoms with Crippen molar-refractivity contribution in [3.63, 3.8) is 0 Å². The van der Waals surface area contributed by atoms with Gasteiger partial charge in [0.05, 0.1) is 6.04 Å². The monoisotopic (exact) mass is 250 g/mol. The Morgan fingerprint density at radius 3 is 2.88 bits per heavy atom. The minimum Gasteiger partial charge on any atom is -0.271 e. The van der Waals surface area contributed by atoms with E-state index in [1.54, 1.807) is 0 Å². The minimum absolute atomic E-state index is 0.374. The van der Waals surface area contributed by atoms with E-state index in [0.29, 0.717) is 6.04 Å². The lowest BCUT2D eigenvalue weighted by molar-refractivity contribution is 0.281. The highest BCUT2D eigenvalue weighted by Crippen LogP contribution is 2.51. The Morgan fingerprint density at radius 2 is 2.35 bits per heavy atom.